The molecule has 0 bridgehead atoms. The van der Waals surface area contributed by atoms with Gasteiger partial charge in [0.05, 0.1) is 0 Å². The summed E-state index contributed by atoms with van der Waals surface area (Å²) in [6, 6.07) is 0. The van der Waals surface area contributed by atoms with Crippen LogP contribution >= 0.6 is 0 Å². The lowest BCUT2D eigenvalue weighted by atomic mass is 9.70. The van der Waals surface area contributed by atoms with Crippen LogP contribution in [-0.4, -0.2) is 0 Å². The standard InChI is InChI=1S/C15H24/c1-11-7-8-13-12(2)6-5-9-15(3,4)14(13)10-11/h7,10,12-13H,5-6,8-9H2,1-4H3/t12-,13-/m1/s1. The molecule has 0 N–H and O–H groups in total. The van der Waals surface area contributed by atoms with E-state index in [-0.39, 0.29) is 0 Å². The first-order valence-corrected chi connectivity index (χ1v) is 6.39. The van der Waals surface area contributed by atoms with Gasteiger partial charge in [-0.3, -0.25) is 0 Å². The van der Waals surface area contributed by atoms with Crippen LogP contribution in [0, 0.1) is 17.3 Å². The van der Waals surface area contributed by atoms with Gasteiger partial charge in [-0.2, -0.15) is 0 Å². The second-order valence-electron chi connectivity index (χ2n) is 6.14. The molecule has 0 radical (unpaired) electrons. The van der Waals surface area contributed by atoms with Crippen molar-refractivity contribution in [1.82, 2.24) is 0 Å². The third-order valence-electron chi connectivity index (χ3n) is 4.41. The molecule has 84 valence electrons. The highest BCUT2D eigenvalue weighted by molar-refractivity contribution is 5.32. The average molecular weight is 204 g/mol. The summed E-state index contributed by atoms with van der Waals surface area (Å²) in [6.07, 6.45) is 10.4. The number of allylic oxidation sites excluding steroid dienone is 4. The second-order valence-corrected chi connectivity index (χ2v) is 6.14. The van der Waals surface area contributed by atoms with Crippen LogP contribution < -0.4 is 0 Å². The zero-order valence-electron chi connectivity index (χ0n) is 10.6. The van der Waals surface area contributed by atoms with E-state index in [9.17, 15) is 0 Å². The molecular weight excluding hydrogens is 180 g/mol. The molecule has 0 nitrogen and oxygen atoms in total. The van der Waals surface area contributed by atoms with Gasteiger partial charge in [-0.25, -0.2) is 0 Å². The molecule has 0 unspecified atom stereocenters. The first kappa shape index (κ1) is 11.0. The van der Waals surface area contributed by atoms with Gasteiger partial charge in [0.25, 0.3) is 0 Å². The molecule has 0 heteroatoms. The van der Waals surface area contributed by atoms with Gasteiger partial charge in [0.2, 0.25) is 0 Å². The van der Waals surface area contributed by atoms with Crippen LogP contribution in [0.1, 0.15) is 53.4 Å². The van der Waals surface area contributed by atoms with E-state index in [1.165, 1.54) is 31.3 Å². The van der Waals surface area contributed by atoms with Crippen molar-refractivity contribution >= 4 is 0 Å². The maximum absolute atomic E-state index is 2.47. The molecule has 1 saturated carbocycles. The summed E-state index contributed by atoms with van der Waals surface area (Å²) in [7, 11) is 0. The normalized spacial score (nSPS) is 34.9. The smallest absolute Gasteiger partial charge is 0.0134 e. The van der Waals surface area contributed by atoms with Crippen molar-refractivity contribution in [1.29, 1.82) is 0 Å². The fraction of sp³-hybridized carbons (Fsp3) is 0.733. The number of hydrogen-bond acceptors (Lipinski definition) is 0. The van der Waals surface area contributed by atoms with Gasteiger partial charge < -0.3 is 0 Å². The van der Waals surface area contributed by atoms with Crippen molar-refractivity contribution in [2.24, 2.45) is 17.3 Å². The lowest BCUT2D eigenvalue weighted by molar-refractivity contribution is 0.350. The van der Waals surface area contributed by atoms with E-state index in [4.69, 9.17) is 0 Å². The van der Waals surface area contributed by atoms with E-state index < -0.39 is 0 Å². The zero-order chi connectivity index (χ0) is 11.1. The molecule has 15 heavy (non-hydrogen) atoms. The minimum atomic E-state index is 0.435. The Kier molecular flexibility index (Phi) is 2.79. The highest BCUT2D eigenvalue weighted by Crippen LogP contribution is 2.47. The summed E-state index contributed by atoms with van der Waals surface area (Å²) in [6.45, 7) is 9.55. The fourth-order valence-electron chi connectivity index (χ4n) is 3.30. The predicted molar refractivity (Wildman–Crippen MR) is 66.7 cm³/mol. The fourth-order valence-corrected chi connectivity index (χ4v) is 3.30. The van der Waals surface area contributed by atoms with Crippen LogP contribution in [0.4, 0.5) is 0 Å². The lowest BCUT2D eigenvalue weighted by Crippen LogP contribution is -2.23. The Bertz CT molecular complexity index is 304. The molecule has 2 rings (SSSR count). The summed E-state index contributed by atoms with van der Waals surface area (Å²) in [4.78, 5) is 0. The molecule has 1 fully saturated rings. The van der Waals surface area contributed by atoms with Gasteiger partial charge >= 0.3 is 0 Å². The molecule has 0 aliphatic heterocycles. The number of rotatable bonds is 0. The van der Waals surface area contributed by atoms with E-state index in [2.05, 4.69) is 39.8 Å². The Morgan fingerprint density at radius 3 is 2.80 bits per heavy atom. The number of hydrogen-bond donors (Lipinski definition) is 0. The van der Waals surface area contributed by atoms with Gasteiger partial charge in [0, 0.05) is 0 Å². The highest BCUT2D eigenvalue weighted by Gasteiger charge is 2.35. The van der Waals surface area contributed by atoms with Crippen LogP contribution in [0.25, 0.3) is 0 Å². The van der Waals surface area contributed by atoms with E-state index in [0.717, 1.165) is 11.8 Å². The molecule has 0 aromatic heterocycles. The molecule has 2 aliphatic rings. The molecule has 0 heterocycles. The zero-order valence-corrected chi connectivity index (χ0v) is 10.6. The summed E-state index contributed by atoms with van der Waals surface area (Å²) < 4.78 is 0. The van der Waals surface area contributed by atoms with Crippen molar-refractivity contribution < 1.29 is 0 Å². The molecule has 2 aliphatic carbocycles. The predicted octanol–water partition coefficient (Wildman–Crippen LogP) is 4.73. The second kappa shape index (κ2) is 3.81. The average Bonchev–Trinajstić information content (AvgIpc) is 2.26. The molecule has 0 aromatic carbocycles. The number of fused-ring (bicyclic) bond motifs is 1. The SMILES string of the molecule is CC1=CC[C@H]2C(=C1)C(C)(C)CCC[C@H]2C. The minimum absolute atomic E-state index is 0.435. The molecular formula is C15H24. The van der Waals surface area contributed by atoms with Crippen molar-refractivity contribution in [3.8, 4) is 0 Å². The first-order chi connectivity index (χ1) is 7.00. The summed E-state index contributed by atoms with van der Waals surface area (Å²) in [5.41, 5.74) is 3.64. The van der Waals surface area contributed by atoms with E-state index in [0.29, 0.717) is 5.41 Å². The van der Waals surface area contributed by atoms with E-state index >= 15 is 0 Å². The Balaban J connectivity index is 2.37. The van der Waals surface area contributed by atoms with Crippen molar-refractivity contribution in [3.05, 3.63) is 23.3 Å². The molecule has 0 amide bonds. The maximum Gasteiger partial charge on any atom is -0.0134 e. The van der Waals surface area contributed by atoms with E-state index in [1.807, 2.05) is 0 Å². The summed E-state index contributed by atoms with van der Waals surface area (Å²) in [5.74, 6) is 1.70. The first-order valence-electron chi connectivity index (χ1n) is 6.39. The van der Waals surface area contributed by atoms with Crippen LogP contribution in [0.2, 0.25) is 0 Å². The van der Waals surface area contributed by atoms with Gasteiger partial charge in [-0.05, 0) is 37.0 Å². The van der Waals surface area contributed by atoms with Crippen LogP contribution in [0.3, 0.4) is 0 Å². The van der Waals surface area contributed by atoms with Gasteiger partial charge in [-0.15, -0.1) is 0 Å². The third kappa shape index (κ3) is 2.04. The largest absolute Gasteiger partial charge is 0.0810 e. The molecule has 0 spiro atoms. The molecule has 2 atom stereocenters. The van der Waals surface area contributed by atoms with Crippen LogP contribution in [0.15, 0.2) is 23.3 Å². The summed E-state index contributed by atoms with van der Waals surface area (Å²) >= 11 is 0. The Morgan fingerprint density at radius 2 is 2.07 bits per heavy atom. The van der Waals surface area contributed by atoms with Crippen molar-refractivity contribution in [3.63, 3.8) is 0 Å². The van der Waals surface area contributed by atoms with Crippen LogP contribution in [-0.2, 0) is 0 Å². The van der Waals surface area contributed by atoms with Crippen molar-refractivity contribution in [2.75, 3.05) is 0 Å². The minimum Gasteiger partial charge on any atom is -0.0810 e. The Labute approximate surface area is 94.5 Å². The quantitative estimate of drug-likeness (QED) is 0.535. The maximum atomic E-state index is 2.47. The third-order valence-corrected chi connectivity index (χ3v) is 4.41. The van der Waals surface area contributed by atoms with Gasteiger partial charge in [0.1, 0.15) is 0 Å². The monoisotopic (exact) mass is 204 g/mol. The topological polar surface area (TPSA) is 0 Å². The van der Waals surface area contributed by atoms with Gasteiger partial charge in [-0.1, -0.05) is 56.9 Å². The van der Waals surface area contributed by atoms with Gasteiger partial charge in [0.15, 0.2) is 0 Å². The molecule has 0 saturated heterocycles. The van der Waals surface area contributed by atoms with Crippen molar-refractivity contribution in [2.45, 2.75) is 53.4 Å². The Morgan fingerprint density at radius 1 is 1.33 bits per heavy atom. The lowest BCUT2D eigenvalue weighted by Gasteiger charge is -2.35. The highest BCUT2D eigenvalue weighted by atomic mass is 14.4. The van der Waals surface area contributed by atoms with E-state index in [1.54, 1.807) is 5.57 Å². The van der Waals surface area contributed by atoms with Crippen LogP contribution in [0.5, 0.6) is 0 Å². The molecule has 0 aromatic rings. The Hall–Kier alpha value is -0.520. The summed E-state index contributed by atoms with van der Waals surface area (Å²) in [5, 5.41) is 0.